The Balaban J connectivity index is 1.94. The number of ether oxygens (including phenoxy) is 1. The number of rotatable bonds is 7. The van der Waals surface area contributed by atoms with Gasteiger partial charge >= 0.3 is 5.97 Å². The van der Waals surface area contributed by atoms with Gasteiger partial charge in [0.25, 0.3) is 5.91 Å². The summed E-state index contributed by atoms with van der Waals surface area (Å²) in [5.41, 5.74) is 2.15. The summed E-state index contributed by atoms with van der Waals surface area (Å²) in [6.45, 7) is 0.976. The Morgan fingerprint density at radius 1 is 1.15 bits per heavy atom. The summed E-state index contributed by atoms with van der Waals surface area (Å²) in [4.78, 5) is 27.2. The highest BCUT2D eigenvalue weighted by Crippen LogP contribution is 2.34. The van der Waals surface area contributed by atoms with E-state index in [2.05, 4.69) is 5.10 Å². The largest absolute Gasteiger partial charge is 0.481 e. The smallest absolute Gasteiger partial charge is 0.307 e. The fourth-order valence-corrected chi connectivity index (χ4v) is 4.59. The van der Waals surface area contributed by atoms with Gasteiger partial charge in [-0.3, -0.25) is 9.59 Å². The molecule has 4 rings (SSSR count). The number of nitrogens with zero attached hydrogens (tertiary/aromatic N) is 3. The molecular formula is C24H23Cl2N3O4. The van der Waals surface area contributed by atoms with E-state index in [9.17, 15) is 14.7 Å². The molecule has 0 aliphatic carbocycles. The van der Waals surface area contributed by atoms with Crippen molar-refractivity contribution in [1.82, 2.24) is 14.7 Å². The lowest BCUT2D eigenvalue weighted by Gasteiger charge is -2.23. The van der Waals surface area contributed by atoms with Crippen molar-refractivity contribution in [3.63, 3.8) is 0 Å². The predicted molar refractivity (Wildman–Crippen MR) is 126 cm³/mol. The average Bonchev–Trinajstić information content (AvgIpc) is 3.39. The van der Waals surface area contributed by atoms with Crippen molar-refractivity contribution in [2.24, 2.45) is 0 Å². The Kier molecular flexibility index (Phi) is 7.02. The number of aliphatic carboxylic acids is 1. The zero-order chi connectivity index (χ0) is 23.5. The van der Waals surface area contributed by atoms with Crippen molar-refractivity contribution in [2.75, 3.05) is 20.3 Å². The Labute approximate surface area is 201 Å². The van der Waals surface area contributed by atoms with E-state index in [0.717, 1.165) is 12.8 Å². The normalized spacial score (nSPS) is 15.7. The molecule has 172 valence electrons. The number of carboxylic acid groups (broad SMARTS) is 1. The van der Waals surface area contributed by atoms with Gasteiger partial charge in [0, 0.05) is 29.8 Å². The Morgan fingerprint density at radius 3 is 2.55 bits per heavy atom. The third-order valence-corrected chi connectivity index (χ3v) is 6.28. The van der Waals surface area contributed by atoms with Crippen molar-refractivity contribution in [3.05, 3.63) is 69.8 Å². The van der Waals surface area contributed by atoms with Gasteiger partial charge in [-0.05, 0) is 37.1 Å². The molecular weight excluding hydrogens is 465 g/mol. The lowest BCUT2D eigenvalue weighted by Crippen LogP contribution is -2.38. The molecule has 9 heteroatoms. The highest BCUT2D eigenvalue weighted by molar-refractivity contribution is 6.32. The third-order valence-electron chi connectivity index (χ3n) is 5.71. The van der Waals surface area contributed by atoms with Gasteiger partial charge in [0.1, 0.15) is 0 Å². The zero-order valence-electron chi connectivity index (χ0n) is 18.0. The number of carbonyl (C=O) groups is 2. The zero-order valence-corrected chi connectivity index (χ0v) is 19.5. The number of aromatic nitrogens is 2. The summed E-state index contributed by atoms with van der Waals surface area (Å²) in [7, 11) is 1.60. The number of halogens is 2. The molecule has 0 saturated carbocycles. The summed E-state index contributed by atoms with van der Waals surface area (Å²) in [6, 6.07) is 14.0. The number of hydrogen-bond acceptors (Lipinski definition) is 4. The molecule has 2 aromatic carbocycles. The minimum atomic E-state index is -1.06. The van der Waals surface area contributed by atoms with Crippen LogP contribution < -0.4 is 0 Å². The van der Waals surface area contributed by atoms with Crippen molar-refractivity contribution in [1.29, 1.82) is 0 Å². The number of benzene rings is 2. The van der Waals surface area contributed by atoms with Crippen LogP contribution in [0.1, 0.15) is 28.9 Å². The van der Waals surface area contributed by atoms with Crippen LogP contribution in [0.2, 0.25) is 10.0 Å². The molecule has 1 saturated heterocycles. The van der Waals surface area contributed by atoms with E-state index in [1.807, 2.05) is 6.07 Å². The van der Waals surface area contributed by atoms with Crippen LogP contribution in [-0.2, 0) is 16.0 Å². The van der Waals surface area contributed by atoms with E-state index < -0.39 is 5.97 Å². The molecule has 0 radical (unpaired) electrons. The molecule has 1 amide bonds. The van der Waals surface area contributed by atoms with Crippen molar-refractivity contribution in [3.8, 4) is 16.9 Å². The number of amides is 1. The third kappa shape index (κ3) is 4.76. The van der Waals surface area contributed by atoms with E-state index in [1.165, 1.54) is 0 Å². The van der Waals surface area contributed by atoms with Crippen LogP contribution in [0.5, 0.6) is 0 Å². The first-order valence-electron chi connectivity index (χ1n) is 10.5. The van der Waals surface area contributed by atoms with Gasteiger partial charge in [0.15, 0.2) is 5.69 Å². The van der Waals surface area contributed by atoms with Gasteiger partial charge < -0.3 is 14.7 Å². The molecule has 2 heterocycles. The Bertz CT molecular complexity index is 1180. The molecule has 1 aliphatic rings. The number of hydrogen-bond donors (Lipinski definition) is 1. The van der Waals surface area contributed by atoms with Crippen LogP contribution in [0.3, 0.4) is 0 Å². The number of methoxy groups -OCH3 is 1. The van der Waals surface area contributed by atoms with Crippen LogP contribution >= 0.6 is 23.2 Å². The minimum absolute atomic E-state index is 0.0791. The molecule has 7 nitrogen and oxygen atoms in total. The molecule has 1 fully saturated rings. The summed E-state index contributed by atoms with van der Waals surface area (Å²) < 4.78 is 6.84. The monoisotopic (exact) mass is 487 g/mol. The molecule has 1 N–H and O–H groups in total. The summed E-state index contributed by atoms with van der Waals surface area (Å²) in [5, 5.41) is 15.3. The second kappa shape index (κ2) is 9.95. The summed E-state index contributed by atoms with van der Waals surface area (Å²) in [6.07, 6.45) is 1.30. The van der Waals surface area contributed by atoms with E-state index in [0.29, 0.717) is 45.7 Å². The predicted octanol–water partition coefficient (Wildman–Crippen LogP) is 4.72. The van der Waals surface area contributed by atoms with Gasteiger partial charge in [-0.25, -0.2) is 4.68 Å². The van der Waals surface area contributed by atoms with Crippen molar-refractivity contribution >= 4 is 35.1 Å². The van der Waals surface area contributed by atoms with Gasteiger partial charge in [0.2, 0.25) is 0 Å². The van der Waals surface area contributed by atoms with Gasteiger partial charge in [-0.1, -0.05) is 47.5 Å². The van der Waals surface area contributed by atoms with E-state index in [1.54, 1.807) is 59.2 Å². The van der Waals surface area contributed by atoms with Gasteiger partial charge in [-0.2, -0.15) is 5.10 Å². The average molecular weight is 488 g/mol. The quantitative estimate of drug-likeness (QED) is 0.520. The molecule has 3 aromatic rings. The van der Waals surface area contributed by atoms with Crippen molar-refractivity contribution < 1.29 is 19.4 Å². The summed E-state index contributed by atoms with van der Waals surface area (Å²) >= 11 is 12.6. The van der Waals surface area contributed by atoms with Crippen LogP contribution in [0, 0.1) is 0 Å². The maximum atomic E-state index is 13.6. The highest BCUT2D eigenvalue weighted by Gasteiger charge is 2.34. The molecule has 0 spiro atoms. The molecule has 1 aromatic heterocycles. The van der Waals surface area contributed by atoms with Crippen LogP contribution in [0.25, 0.3) is 16.9 Å². The Morgan fingerprint density at radius 2 is 1.88 bits per heavy atom. The maximum Gasteiger partial charge on any atom is 0.307 e. The first-order chi connectivity index (χ1) is 15.9. The highest BCUT2D eigenvalue weighted by atomic mass is 35.5. The standard InChI is InChI=1S/C24H23Cl2N3O4/c1-33-14-17-5-4-12-28(17)24(32)22-18(13-21(30)31)23(15-8-10-16(25)11-9-15)29(27-22)20-7-3-2-6-19(20)26/h2-3,6-11,17H,4-5,12-14H2,1H3,(H,30,31). The van der Waals surface area contributed by atoms with Gasteiger partial charge in [-0.15, -0.1) is 0 Å². The maximum absolute atomic E-state index is 13.6. The minimum Gasteiger partial charge on any atom is -0.481 e. The number of para-hydroxylation sites is 1. The topological polar surface area (TPSA) is 84.7 Å². The lowest BCUT2D eigenvalue weighted by molar-refractivity contribution is -0.136. The van der Waals surface area contributed by atoms with Crippen LogP contribution in [0.4, 0.5) is 0 Å². The number of carbonyl (C=O) groups excluding carboxylic acids is 1. The van der Waals surface area contributed by atoms with E-state index in [4.69, 9.17) is 27.9 Å². The van der Waals surface area contributed by atoms with Gasteiger partial charge in [0.05, 0.1) is 35.5 Å². The lowest BCUT2D eigenvalue weighted by atomic mass is 10.0. The van der Waals surface area contributed by atoms with E-state index >= 15 is 0 Å². The van der Waals surface area contributed by atoms with Crippen LogP contribution in [0.15, 0.2) is 48.5 Å². The molecule has 0 bridgehead atoms. The molecule has 33 heavy (non-hydrogen) atoms. The van der Waals surface area contributed by atoms with Crippen LogP contribution in [-0.4, -0.2) is 58.0 Å². The molecule has 1 aliphatic heterocycles. The second-order valence-corrected chi connectivity index (χ2v) is 8.71. The first kappa shape index (κ1) is 23.3. The number of carboxylic acids is 1. The molecule has 1 unspecified atom stereocenters. The first-order valence-corrected chi connectivity index (χ1v) is 11.3. The number of likely N-dealkylation sites (tertiary alicyclic amines) is 1. The fourth-order valence-electron chi connectivity index (χ4n) is 4.25. The molecule has 1 atom stereocenters. The van der Waals surface area contributed by atoms with Crippen molar-refractivity contribution in [2.45, 2.75) is 25.3 Å². The second-order valence-electron chi connectivity index (χ2n) is 7.87. The van der Waals surface area contributed by atoms with E-state index in [-0.39, 0.29) is 24.1 Å². The Hall–Kier alpha value is -2.87. The fraction of sp³-hybridized carbons (Fsp3) is 0.292. The summed E-state index contributed by atoms with van der Waals surface area (Å²) in [5.74, 6) is -1.38. The SMILES string of the molecule is COCC1CCCN1C(=O)c1nn(-c2ccccc2Cl)c(-c2ccc(Cl)cc2)c1CC(=O)O.